The van der Waals surface area contributed by atoms with Crippen molar-refractivity contribution in [3.8, 4) is 0 Å². The van der Waals surface area contributed by atoms with Crippen molar-refractivity contribution >= 4 is 50.4 Å². The Labute approximate surface area is 227 Å². The third-order valence-corrected chi connectivity index (χ3v) is 5.99. The van der Waals surface area contributed by atoms with E-state index >= 15 is 0 Å². The molecule has 0 amide bonds. The van der Waals surface area contributed by atoms with Crippen molar-refractivity contribution in [1.29, 1.82) is 0 Å². The third-order valence-electron chi connectivity index (χ3n) is 5.99. The number of rotatable bonds is 6. The first-order valence-electron chi connectivity index (χ1n) is 11.5. The number of nitrogens with zero attached hydrogens (tertiary/aromatic N) is 2. The molecule has 3 rings (SSSR count). The number of benzene rings is 2. The van der Waals surface area contributed by atoms with Gasteiger partial charge in [-0.2, -0.15) is 0 Å². The van der Waals surface area contributed by atoms with Gasteiger partial charge in [0.05, 0.1) is 6.67 Å². The Hall–Kier alpha value is -0.0397. The van der Waals surface area contributed by atoms with Crippen molar-refractivity contribution in [1.82, 2.24) is 0 Å². The second-order valence-electron chi connectivity index (χ2n) is 9.70. The fourth-order valence-corrected chi connectivity index (χ4v) is 4.40. The summed E-state index contributed by atoms with van der Waals surface area (Å²) in [7, 11) is 0. The number of anilines is 2. The van der Waals surface area contributed by atoms with Gasteiger partial charge in [0.15, 0.2) is 0 Å². The van der Waals surface area contributed by atoms with Crippen molar-refractivity contribution < 1.29 is 12.0 Å². The predicted octanol–water partition coefficient (Wildman–Crippen LogP) is 10.5. The molecule has 0 N–H and O–H groups in total. The van der Waals surface area contributed by atoms with Crippen molar-refractivity contribution in [2.24, 2.45) is 0 Å². The van der Waals surface area contributed by atoms with E-state index in [1.165, 1.54) is 33.6 Å². The molecule has 0 unspecified atom stereocenters. The van der Waals surface area contributed by atoms with Gasteiger partial charge in [0.2, 0.25) is 0 Å². The van der Waals surface area contributed by atoms with Gasteiger partial charge in [0.25, 0.3) is 0 Å². The van der Waals surface area contributed by atoms with Gasteiger partial charge in [-0.3, -0.25) is 0 Å². The van der Waals surface area contributed by atoms with Crippen LogP contribution in [0.1, 0.15) is 101 Å². The molecule has 0 radical (unpaired) electrons. The van der Waals surface area contributed by atoms with Gasteiger partial charge < -0.3 is 9.80 Å². The summed E-state index contributed by atoms with van der Waals surface area (Å²) in [5.74, 6) is 2.00. The van der Waals surface area contributed by atoms with Crippen LogP contribution in [0.25, 0.3) is 0 Å². The van der Waals surface area contributed by atoms with E-state index in [4.69, 9.17) is 0 Å². The van der Waals surface area contributed by atoms with Crippen LogP contribution in [0.5, 0.6) is 0 Å². The Morgan fingerprint density at radius 3 is 1.03 bits per heavy atom. The van der Waals surface area contributed by atoms with Crippen LogP contribution < -0.4 is 9.80 Å². The van der Waals surface area contributed by atoms with E-state index in [1.54, 1.807) is 0 Å². The summed E-state index contributed by atoms with van der Waals surface area (Å²) >= 11 is 8.99. The van der Waals surface area contributed by atoms with E-state index in [0.29, 0.717) is 23.7 Å². The molecule has 2 aromatic rings. The quantitative estimate of drug-likeness (QED) is 0.268. The van der Waals surface area contributed by atoms with Gasteiger partial charge in [-0.1, -0.05) is 91.8 Å². The van der Waals surface area contributed by atoms with Gasteiger partial charge >= 0.3 is 51.1 Å². The van der Waals surface area contributed by atoms with Crippen LogP contribution in [-0.2, 0) is 12.0 Å². The number of hydrogen-bond acceptors (Lipinski definition) is 2. The maximum atomic E-state index is 3.25. The summed E-state index contributed by atoms with van der Waals surface area (Å²) in [6.45, 7) is 19.2. The topological polar surface area (TPSA) is 6.48 Å². The standard InChI is InChI=1S/C27H38N2.Au.3BrH/c1-18(2)22-11-9-12-23(19(3)4)26(22)28-15-16-29(17-28)27-24(20(5)6)13-10-14-25(27)21(7)8;;;;/h9-16,18-21H,17H2,1-8H3;;3*1H/q;+3;;;/p-3. The predicted molar refractivity (Wildman–Crippen MR) is 155 cm³/mol. The minimum absolute atomic E-state index is 0.500. The average molecular weight is 827 g/mol. The van der Waals surface area contributed by atoms with E-state index < -0.39 is 12.0 Å². The monoisotopic (exact) mass is 824 g/mol. The molecule has 188 valence electrons. The van der Waals surface area contributed by atoms with Crippen LogP contribution in [0.2, 0.25) is 0 Å². The molecule has 0 fully saturated rings. The van der Waals surface area contributed by atoms with Crippen molar-refractivity contribution in [3.05, 3.63) is 71.1 Å². The molecular weight excluding hydrogens is 789 g/mol. The van der Waals surface area contributed by atoms with Crippen LogP contribution in [0.15, 0.2) is 48.8 Å². The zero-order chi connectivity index (χ0) is 24.9. The zero-order valence-corrected chi connectivity index (χ0v) is 27.9. The third kappa shape index (κ3) is 7.72. The number of para-hydroxylation sites is 2. The Balaban J connectivity index is 0.000000890. The van der Waals surface area contributed by atoms with E-state index in [-0.39, 0.29) is 0 Å². The summed E-state index contributed by atoms with van der Waals surface area (Å²) in [6.07, 6.45) is 4.54. The molecule has 2 nitrogen and oxygen atoms in total. The first-order valence-corrected chi connectivity index (χ1v) is 25.7. The first-order chi connectivity index (χ1) is 15.5. The van der Waals surface area contributed by atoms with Gasteiger partial charge in [-0.15, -0.1) is 0 Å². The molecule has 0 spiro atoms. The molecule has 2 aromatic carbocycles. The maximum absolute atomic E-state index is 3.25. The van der Waals surface area contributed by atoms with E-state index in [1.807, 2.05) is 0 Å². The van der Waals surface area contributed by atoms with Gasteiger partial charge in [-0.05, 0) is 45.9 Å². The number of halogens is 3. The Morgan fingerprint density at radius 2 is 0.818 bits per heavy atom. The van der Waals surface area contributed by atoms with Gasteiger partial charge in [0, 0.05) is 23.8 Å². The van der Waals surface area contributed by atoms with Crippen molar-refractivity contribution in [3.63, 3.8) is 0 Å². The fraction of sp³-hybridized carbons (Fsp3) is 0.481. The van der Waals surface area contributed by atoms with Crippen LogP contribution in [-0.4, -0.2) is 6.67 Å². The van der Waals surface area contributed by atoms with Crippen LogP contribution in [0, 0.1) is 0 Å². The summed E-state index contributed by atoms with van der Waals surface area (Å²) < 4.78 is 0. The second-order valence-corrected chi connectivity index (χ2v) is 38.1. The summed E-state index contributed by atoms with van der Waals surface area (Å²) in [6, 6.07) is 13.6. The molecule has 0 bridgehead atoms. The summed E-state index contributed by atoms with van der Waals surface area (Å²) in [5, 5.41) is 0. The second kappa shape index (κ2) is 13.3. The van der Waals surface area contributed by atoms with Crippen molar-refractivity contribution in [2.75, 3.05) is 16.5 Å². The fourth-order valence-electron chi connectivity index (χ4n) is 4.40. The molecule has 0 aromatic heterocycles. The van der Waals surface area contributed by atoms with Gasteiger partial charge in [-0.25, -0.2) is 0 Å². The zero-order valence-electron chi connectivity index (χ0n) is 21.0. The molecule has 33 heavy (non-hydrogen) atoms. The van der Waals surface area contributed by atoms with E-state index in [0.717, 1.165) is 6.67 Å². The van der Waals surface area contributed by atoms with E-state index in [9.17, 15) is 0 Å². The van der Waals surface area contributed by atoms with Gasteiger partial charge in [0.1, 0.15) is 0 Å². The molecule has 1 heterocycles. The Morgan fingerprint density at radius 1 is 0.576 bits per heavy atom. The molecule has 1 aliphatic rings. The molecule has 0 saturated heterocycles. The van der Waals surface area contributed by atoms with Crippen LogP contribution in [0.4, 0.5) is 11.4 Å². The first kappa shape index (κ1) is 29.2. The molecule has 0 saturated carbocycles. The van der Waals surface area contributed by atoms with Crippen LogP contribution >= 0.6 is 39.1 Å². The summed E-state index contributed by atoms with van der Waals surface area (Å²) in [5.41, 5.74) is 8.52. The van der Waals surface area contributed by atoms with E-state index in [2.05, 4.69) is 153 Å². The van der Waals surface area contributed by atoms with Crippen molar-refractivity contribution in [2.45, 2.75) is 79.1 Å². The molecule has 0 aliphatic carbocycles. The summed E-state index contributed by atoms with van der Waals surface area (Å²) in [4.78, 5) is 4.90. The molecule has 6 heteroatoms. The normalized spacial score (nSPS) is 14.0. The average Bonchev–Trinajstić information content (AvgIpc) is 3.21. The Kier molecular flexibility index (Phi) is 11.8. The number of hydrogen-bond donors (Lipinski definition) is 0. The molecule has 0 atom stereocenters. The Bertz CT molecular complexity index is 812. The molecular formula is C27H38AuBr3N2. The minimum atomic E-state index is -0.766. The molecule has 1 aliphatic heterocycles. The van der Waals surface area contributed by atoms with Crippen LogP contribution in [0.3, 0.4) is 0 Å². The SMILES string of the molecule is CC(C)c1cccc(C(C)C)c1N1C=CN(c2c(C(C)C)cccc2C(C)C)C1.[Br][Au]([Br])[Br].